The smallest absolute Gasteiger partial charge is 0.305 e. The Balaban J connectivity index is 1.66. The lowest BCUT2D eigenvalue weighted by atomic mass is 9.87. The molecule has 0 amide bonds. The molecule has 7 heteroatoms. The third-order valence-electron chi connectivity index (χ3n) is 8.75. The SMILES string of the molecule is CCCCC(C)C(/C=C/C1C(OC2CCCCO2)CC(F)C1CCCCCCC(=O)OC)OC1CCCCO1. The molecule has 2 aliphatic heterocycles. The van der Waals surface area contributed by atoms with Crippen molar-refractivity contribution in [1.82, 2.24) is 0 Å². The van der Waals surface area contributed by atoms with Crippen LogP contribution in [0.15, 0.2) is 12.2 Å². The Morgan fingerprint density at radius 1 is 1.00 bits per heavy atom. The molecule has 8 atom stereocenters. The van der Waals surface area contributed by atoms with Gasteiger partial charge in [0, 0.05) is 32.0 Å². The molecular weight excluding hydrogens is 499 g/mol. The van der Waals surface area contributed by atoms with Gasteiger partial charge in [-0.2, -0.15) is 0 Å². The van der Waals surface area contributed by atoms with E-state index in [4.69, 9.17) is 23.7 Å². The van der Waals surface area contributed by atoms with E-state index in [1.807, 2.05) is 0 Å². The van der Waals surface area contributed by atoms with Gasteiger partial charge in [-0.1, -0.05) is 58.1 Å². The van der Waals surface area contributed by atoms with Crippen LogP contribution in [0.3, 0.4) is 0 Å². The summed E-state index contributed by atoms with van der Waals surface area (Å²) in [7, 11) is 1.43. The van der Waals surface area contributed by atoms with Crippen LogP contribution in [-0.4, -0.2) is 57.3 Å². The zero-order chi connectivity index (χ0) is 27.9. The molecule has 1 saturated carbocycles. The standard InChI is InChI=1S/C32H55FO6/c1-4-5-14-24(2)28(38-31-17-10-12-21-36-31)20-19-26-25(15-8-6-7-9-16-30(34)35-3)27(33)23-29(26)39-32-18-11-13-22-37-32/h19-20,24-29,31-32H,4-18,21-23H2,1-3H3/b20-19+. The number of ether oxygens (including phenoxy) is 5. The molecule has 39 heavy (non-hydrogen) atoms. The van der Waals surface area contributed by atoms with Crippen molar-refractivity contribution >= 4 is 5.97 Å². The van der Waals surface area contributed by atoms with E-state index in [-0.39, 0.29) is 42.6 Å². The lowest BCUT2D eigenvalue weighted by Gasteiger charge is -2.31. The van der Waals surface area contributed by atoms with Crippen LogP contribution < -0.4 is 0 Å². The number of carbonyl (C=O) groups is 1. The summed E-state index contributed by atoms with van der Waals surface area (Å²) < 4.78 is 45.0. The zero-order valence-corrected chi connectivity index (χ0v) is 24.8. The number of hydrogen-bond donors (Lipinski definition) is 0. The molecule has 2 heterocycles. The molecule has 226 valence electrons. The monoisotopic (exact) mass is 554 g/mol. The highest BCUT2D eigenvalue weighted by molar-refractivity contribution is 5.68. The summed E-state index contributed by atoms with van der Waals surface area (Å²) in [4.78, 5) is 11.4. The van der Waals surface area contributed by atoms with Gasteiger partial charge in [0.05, 0.1) is 19.3 Å². The summed E-state index contributed by atoms with van der Waals surface area (Å²) >= 11 is 0. The maximum Gasteiger partial charge on any atom is 0.305 e. The first kappa shape index (κ1) is 32.5. The Morgan fingerprint density at radius 3 is 2.38 bits per heavy atom. The molecule has 1 aliphatic carbocycles. The van der Waals surface area contributed by atoms with Crippen molar-refractivity contribution in [2.45, 2.75) is 148 Å². The van der Waals surface area contributed by atoms with Gasteiger partial charge < -0.3 is 23.7 Å². The Bertz CT molecular complexity index is 690. The fourth-order valence-corrected chi connectivity index (χ4v) is 6.27. The average molecular weight is 555 g/mol. The molecule has 0 bridgehead atoms. The Morgan fingerprint density at radius 2 is 1.72 bits per heavy atom. The molecule has 0 aromatic carbocycles. The van der Waals surface area contributed by atoms with Gasteiger partial charge >= 0.3 is 5.97 Å². The number of methoxy groups -OCH3 is 1. The molecule has 2 saturated heterocycles. The summed E-state index contributed by atoms with van der Waals surface area (Å²) in [6.45, 7) is 5.96. The van der Waals surface area contributed by atoms with Gasteiger partial charge in [0.25, 0.3) is 0 Å². The van der Waals surface area contributed by atoms with Crippen molar-refractivity contribution in [2.24, 2.45) is 17.8 Å². The molecule has 0 aromatic rings. The minimum Gasteiger partial charge on any atom is -0.469 e. The fraction of sp³-hybridized carbons (Fsp3) is 0.906. The fourth-order valence-electron chi connectivity index (χ4n) is 6.27. The molecular formula is C32H55FO6. The van der Waals surface area contributed by atoms with E-state index in [1.54, 1.807) is 0 Å². The highest BCUT2D eigenvalue weighted by Gasteiger charge is 2.44. The van der Waals surface area contributed by atoms with Gasteiger partial charge in [0.2, 0.25) is 0 Å². The number of unbranched alkanes of at least 4 members (excludes halogenated alkanes) is 4. The van der Waals surface area contributed by atoms with Crippen LogP contribution in [-0.2, 0) is 28.5 Å². The lowest BCUT2D eigenvalue weighted by Crippen LogP contribution is -2.32. The molecule has 0 N–H and O–H groups in total. The lowest BCUT2D eigenvalue weighted by molar-refractivity contribution is -0.193. The Hall–Kier alpha value is -1.02. The van der Waals surface area contributed by atoms with E-state index in [9.17, 15) is 4.79 Å². The number of hydrogen-bond acceptors (Lipinski definition) is 6. The first-order valence-corrected chi connectivity index (χ1v) is 15.9. The van der Waals surface area contributed by atoms with Gasteiger partial charge in [-0.05, 0) is 69.6 Å². The van der Waals surface area contributed by atoms with E-state index in [2.05, 4.69) is 26.0 Å². The largest absolute Gasteiger partial charge is 0.469 e. The third kappa shape index (κ3) is 11.4. The van der Waals surface area contributed by atoms with Crippen LogP contribution in [0.5, 0.6) is 0 Å². The Labute approximate surface area is 236 Å². The normalized spacial score (nSPS) is 31.4. The van der Waals surface area contributed by atoms with Crippen molar-refractivity contribution in [2.75, 3.05) is 20.3 Å². The topological polar surface area (TPSA) is 63.2 Å². The van der Waals surface area contributed by atoms with E-state index >= 15 is 4.39 Å². The second kappa shape index (κ2) is 18.4. The van der Waals surface area contributed by atoms with E-state index in [0.29, 0.717) is 18.8 Å². The van der Waals surface area contributed by atoms with E-state index in [1.165, 1.54) is 13.5 Å². The predicted octanol–water partition coefficient (Wildman–Crippen LogP) is 7.68. The number of halogens is 1. The first-order valence-electron chi connectivity index (χ1n) is 15.9. The highest BCUT2D eigenvalue weighted by Crippen LogP contribution is 2.42. The van der Waals surface area contributed by atoms with Gasteiger partial charge in [0.1, 0.15) is 6.17 Å². The number of rotatable bonds is 17. The molecule has 0 spiro atoms. The van der Waals surface area contributed by atoms with Crippen molar-refractivity contribution < 1.29 is 32.9 Å². The van der Waals surface area contributed by atoms with E-state index in [0.717, 1.165) is 96.7 Å². The first-order chi connectivity index (χ1) is 19.0. The van der Waals surface area contributed by atoms with Gasteiger partial charge in [0.15, 0.2) is 12.6 Å². The predicted molar refractivity (Wildman–Crippen MR) is 151 cm³/mol. The maximum atomic E-state index is 15.5. The summed E-state index contributed by atoms with van der Waals surface area (Å²) in [6, 6.07) is 0. The summed E-state index contributed by atoms with van der Waals surface area (Å²) in [6.07, 6.45) is 18.0. The molecule has 6 nitrogen and oxygen atoms in total. The molecule has 3 rings (SSSR count). The van der Waals surface area contributed by atoms with Crippen molar-refractivity contribution in [3.63, 3.8) is 0 Å². The minimum atomic E-state index is -0.887. The van der Waals surface area contributed by atoms with Crippen LogP contribution in [0.2, 0.25) is 0 Å². The van der Waals surface area contributed by atoms with Crippen molar-refractivity contribution in [3.8, 4) is 0 Å². The van der Waals surface area contributed by atoms with Crippen molar-refractivity contribution in [1.29, 1.82) is 0 Å². The second-order valence-corrected chi connectivity index (χ2v) is 11.9. The zero-order valence-electron chi connectivity index (χ0n) is 24.8. The number of esters is 1. The quantitative estimate of drug-likeness (QED) is 0.104. The molecule has 0 radical (unpaired) electrons. The van der Waals surface area contributed by atoms with Crippen LogP contribution in [0.1, 0.15) is 117 Å². The summed E-state index contributed by atoms with van der Waals surface area (Å²) in [5.74, 6) is 0.127. The summed E-state index contributed by atoms with van der Waals surface area (Å²) in [5.41, 5.74) is 0. The minimum absolute atomic E-state index is 0.00246. The highest BCUT2D eigenvalue weighted by atomic mass is 19.1. The van der Waals surface area contributed by atoms with Crippen LogP contribution in [0, 0.1) is 17.8 Å². The molecule has 3 aliphatic rings. The van der Waals surface area contributed by atoms with E-state index < -0.39 is 6.17 Å². The van der Waals surface area contributed by atoms with Gasteiger partial charge in [-0.3, -0.25) is 4.79 Å². The number of alkyl halides is 1. The third-order valence-corrected chi connectivity index (χ3v) is 8.75. The second-order valence-electron chi connectivity index (χ2n) is 11.9. The molecule has 0 aromatic heterocycles. The van der Waals surface area contributed by atoms with Gasteiger partial charge in [-0.25, -0.2) is 4.39 Å². The molecule has 8 unspecified atom stereocenters. The number of carbonyl (C=O) groups excluding carboxylic acids is 1. The van der Waals surface area contributed by atoms with Crippen LogP contribution in [0.4, 0.5) is 4.39 Å². The summed E-state index contributed by atoms with van der Waals surface area (Å²) in [5, 5.41) is 0. The average Bonchev–Trinajstić information content (AvgIpc) is 3.25. The Kier molecular flexibility index (Phi) is 15.3. The van der Waals surface area contributed by atoms with Crippen LogP contribution >= 0.6 is 0 Å². The van der Waals surface area contributed by atoms with Crippen molar-refractivity contribution in [3.05, 3.63) is 12.2 Å². The molecule has 3 fully saturated rings. The maximum absolute atomic E-state index is 15.5. The van der Waals surface area contributed by atoms with Gasteiger partial charge in [-0.15, -0.1) is 0 Å². The van der Waals surface area contributed by atoms with Crippen LogP contribution in [0.25, 0.3) is 0 Å².